The first-order chi connectivity index (χ1) is 12.9. The van der Waals surface area contributed by atoms with Gasteiger partial charge >= 0.3 is 11.9 Å². The number of benzene rings is 2. The summed E-state index contributed by atoms with van der Waals surface area (Å²) in [7, 11) is 1.58. The topological polar surface area (TPSA) is 144 Å². The second-order valence-electron chi connectivity index (χ2n) is 5.50. The molecule has 27 heavy (non-hydrogen) atoms. The summed E-state index contributed by atoms with van der Waals surface area (Å²) in [4.78, 5) is 21.9. The molecule has 0 unspecified atom stereocenters. The highest BCUT2D eigenvalue weighted by Gasteiger charge is 2.31. The Morgan fingerprint density at radius 3 is 1.93 bits per heavy atom. The molecule has 2 rings (SSSR count). The number of carboxylic acid groups (broad SMARTS) is 2. The van der Waals surface area contributed by atoms with Crippen molar-refractivity contribution in [2.24, 2.45) is 16.0 Å². The predicted molar refractivity (Wildman–Crippen MR) is 95.4 cm³/mol. The molecule has 142 valence electrons. The van der Waals surface area contributed by atoms with Crippen molar-refractivity contribution in [1.82, 2.24) is 0 Å². The molecule has 0 spiro atoms. The molecule has 2 aromatic carbocycles. The van der Waals surface area contributed by atoms with Gasteiger partial charge in [0.15, 0.2) is 6.10 Å². The van der Waals surface area contributed by atoms with E-state index in [1.807, 2.05) is 0 Å². The number of azo groups is 1. The van der Waals surface area contributed by atoms with Crippen LogP contribution in [-0.2, 0) is 20.9 Å². The van der Waals surface area contributed by atoms with Crippen LogP contribution in [0.1, 0.15) is 5.56 Å². The van der Waals surface area contributed by atoms with Gasteiger partial charge in [0.1, 0.15) is 11.8 Å². The number of hydrogen-bond acceptors (Lipinski definition) is 7. The normalized spacial score (nSPS) is 13.3. The molecule has 2 atom stereocenters. The zero-order valence-corrected chi connectivity index (χ0v) is 14.5. The van der Waals surface area contributed by atoms with Crippen LogP contribution >= 0.6 is 0 Å². The van der Waals surface area contributed by atoms with Gasteiger partial charge in [0.2, 0.25) is 0 Å². The van der Waals surface area contributed by atoms with E-state index in [4.69, 9.17) is 25.4 Å². The average molecular weight is 373 g/mol. The van der Waals surface area contributed by atoms with E-state index in [9.17, 15) is 9.59 Å². The Hall–Kier alpha value is -3.30. The van der Waals surface area contributed by atoms with Crippen molar-refractivity contribution in [3.63, 3.8) is 0 Å². The molecule has 2 aromatic rings. The molecule has 0 fully saturated rings. The molecule has 0 heterocycles. The van der Waals surface area contributed by atoms with Crippen molar-refractivity contribution >= 4 is 23.3 Å². The third-order valence-electron chi connectivity index (χ3n) is 3.57. The Balaban J connectivity index is 1.96. The fourth-order valence-corrected chi connectivity index (χ4v) is 2.07. The number of nitrogens with zero attached hydrogens (tertiary/aromatic N) is 2. The minimum absolute atomic E-state index is 0.103. The van der Waals surface area contributed by atoms with Crippen LogP contribution in [0.5, 0.6) is 5.75 Å². The molecule has 0 aromatic heterocycles. The van der Waals surface area contributed by atoms with Crippen molar-refractivity contribution in [2.75, 3.05) is 7.11 Å². The van der Waals surface area contributed by atoms with Crippen molar-refractivity contribution in [3.8, 4) is 5.75 Å². The van der Waals surface area contributed by atoms with Crippen molar-refractivity contribution in [3.05, 3.63) is 54.1 Å². The van der Waals surface area contributed by atoms with E-state index in [2.05, 4.69) is 10.2 Å². The molecule has 0 aliphatic heterocycles. The second-order valence-corrected chi connectivity index (χ2v) is 5.50. The first-order valence-electron chi connectivity index (χ1n) is 7.88. The Kier molecular flexibility index (Phi) is 6.98. The zero-order chi connectivity index (χ0) is 19.8. The average Bonchev–Trinajstić information content (AvgIpc) is 2.67. The predicted octanol–water partition coefficient (Wildman–Crippen LogP) is 2.49. The molecule has 0 aliphatic carbocycles. The third-order valence-corrected chi connectivity index (χ3v) is 3.57. The van der Waals surface area contributed by atoms with Crippen molar-refractivity contribution in [1.29, 1.82) is 0 Å². The van der Waals surface area contributed by atoms with Gasteiger partial charge in [0, 0.05) is 0 Å². The lowest BCUT2D eigenvalue weighted by Crippen LogP contribution is -2.47. The number of ether oxygens (including phenoxy) is 2. The SMILES string of the molecule is COc1ccc(N=Nc2ccc(CO[C@H](C(=O)O)[C@H](N)C(=O)O)cc2)cc1. The number of methoxy groups -OCH3 is 1. The summed E-state index contributed by atoms with van der Waals surface area (Å²) < 4.78 is 10.2. The van der Waals surface area contributed by atoms with Gasteiger partial charge in [-0.25, -0.2) is 4.79 Å². The quantitative estimate of drug-likeness (QED) is 0.573. The van der Waals surface area contributed by atoms with E-state index in [0.717, 1.165) is 5.75 Å². The molecule has 0 saturated carbocycles. The molecule has 0 bridgehead atoms. The molecule has 0 radical (unpaired) electrons. The van der Waals surface area contributed by atoms with Crippen LogP contribution in [0.3, 0.4) is 0 Å². The van der Waals surface area contributed by atoms with E-state index in [1.165, 1.54) is 0 Å². The van der Waals surface area contributed by atoms with Gasteiger partial charge in [0.25, 0.3) is 0 Å². The van der Waals surface area contributed by atoms with Crippen LogP contribution in [0, 0.1) is 0 Å². The molecule has 0 aliphatic rings. The zero-order valence-electron chi connectivity index (χ0n) is 14.5. The highest BCUT2D eigenvalue weighted by molar-refractivity contribution is 5.84. The molecule has 9 nitrogen and oxygen atoms in total. The highest BCUT2D eigenvalue weighted by atomic mass is 16.5. The lowest BCUT2D eigenvalue weighted by Gasteiger charge is -2.17. The monoisotopic (exact) mass is 373 g/mol. The third kappa shape index (κ3) is 5.87. The Labute approximate surface area is 155 Å². The minimum atomic E-state index is -1.65. The Bertz CT molecular complexity index is 805. The van der Waals surface area contributed by atoms with Crippen LogP contribution in [-0.4, -0.2) is 41.4 Å². The smallest absolute Gasteiger partial charge is 0.335 e. The summed E-state index contributed by atoms with van der Waals surface area (Å²) in [5.74, 6) is -2.16. The first kappa shape index (κ1) is 20.0. The number of hydrogen-bond donors (Lipinski definition) is 3. The molecule has 4 N–H and O–H groups in total. The number of rotatable bonds is 9. The fraction of sp³-hybridized carbons (Fsp3) is 0.222. The van der Waals surface area contributed by atoms with Crippen LogP contribution in [0.15, 0.2) is 58.8 Å². The van der Waals surface area contributed by atoms with E-state index in [1.54, 1.807) is 55.6 Å². The van der Waals surface area contributed by atoms with E-state index in [0.29, 0.717) is 16.9 Å². The maximum Gasteiger partial charge on any atom is 0.335 e. The van der Waals surface area contributed by atoms with Gasteiger partial charge in [-0.3, -0.25) is 4.79 Å². The van der Waals surface area contributed by atoms with Gasteiger partial charge in [0.05, 0.1) is 25.1 Å². The highest BCUT2D eigenvalue weighted by Crippen LogP contribution is 2.21. The van der Waals surface area contributed by atoms with E-state index < -0.39 is 24.1 Å². The van der Waals surface area contributed by atoms with Gasteiger partial charge < -0.3 is 25.4 Å². The summed E-state index contributed by atoms with van der Waals surface area (Å²) in [5.41, 5.74) is 7.21. The standard InChI is InChI=1S/C18H19N3O6/c1-26-14-8-6-13(7-9-14)21-20-12-4-2-11(3-5-12)10-27-16(18(24)25)15(19)17(22)23/h2-9,15-16H,10,19H2,1H3,(H,22,23)(H,24,25)/t15-,16-/m0/s1. The largest absolute Gasteiger partial charge is 0.497 e. The summed E-state index contributed by atoms with van der Waals surface area (Å²) in [6.45, 7) is -0.103. The van der Waals surface area contributed by atoms with Crippen LogP contribution < -0.4 is 10.5 Å². The van der Waals surface area contributed by atoms with Crippen LogP contribution in [0.4, 0.5) is 11.4 Å². The maximum absolute atomic E-state index is 11.1. The molecule has 0 amide bonds. The van der Waals surface area contributed by atoms with Crippen LogP contribution in [0.25, 0.3) is 0 Å². The molecule has 0 saturated heterocycles. The molecular formula is C18H19N3O6. The van der Waals surface area contributed by atoms with Crippen molar-refractivity contribution < 1.29 is 29.3 Å². The van der Waals surface area contributed by atoms with E-state index >= 15 is 0 Å². The van der Waals surface area contributed by atoms with Gasteiger partial charge in [-0.15, -0.1) is 0 Å². The first-order valence-corrected chi connectivity index (χ1v) is 7.88. The molecule has 9 heteroatoms. The van der Waals surface area contributed by atoms with Gasteiger partial charge in [-0.2, -0.15) is 10.2 Å². The summed E-state index contributed by atoms with van der Waals surface area (Å²) in [6, 6.07) is 12.1. The second kappa shape index (κ2) is 9.41. The summed E-state index contributed by atoms with van der Waals surface area (Å²) >= 11 is 0. The Morgan fingerprint density at radius 1 is 0.963 bits per heavy atom. The van der Waals surface area contributed by atoms with E-state index in [-0.39, 0.29) is 6.61 Å². The Morgan fingerprint density at radius 2 is 1.48 bits per heavy atom. The van der Waals surface area contributed by atoms with Gasteiger partial charge in [-0.05, 0) is 42.0 Å². The minimum Gasteiger partial charge on any atom is -0.497 e. The number of carbonyl (C=O) groups is 2. The number of carboxylic acids is 2. The van der Waals surface area contributed by atoms with Crippen molar-refractivity contribution in [2.45, 2.75) is 18.8 Å². The lowest BCUT2D eigenvalue weighted by atomic mass is 10.1. The summed E-state index contributed by atoms with van der Waals surface area (Å²) in [6.07, 6.45) is -1.64. The lowest BCUT2D eigenvalue weighted by molar-refractivity contribution is -0.159. The molecular weight excluding hydrogens is 354 g/mol. The van der Waals surface area contributed by atoms with Crippen LogP contribution in [0.2, 0.25) is 0 Å². The van der Waals surface area contributed by atoms with Gasteiger partial charge in [-0.1, -0.05) is 12.1 Å². The number of aliphatic carboxylic acids is 2. The summed E-state index contributed by atoms with van der Waals surface area (Å²) in [5, 5.41) is 26.0. The number of nitrogens with two attached hydrogens (primary N) is 1. The maximum atomic E-state index is 11.1. The fourth-order valence-electron chi connectivity index (χ4n) is 2.07.